The molecule has 2 unspecified atom stereocenters. The topological polar surface area (TPSA) is 35.2 Å². The second-order valence-corrected chi connectivity index (χ2v) is 6.19. The van der Waals surface area contributed by atoms with E-state index < -0.39 is 0 Å². The summed E-state index contributed by atoms with van der Waals surface area (Å²) in [5.41, 5.74) is 7.10. The Balaban J connectivity index is 2.98. The molecule has 0 aromatic heterocycles. The van der Waals surface area contributed by atoms with Gasteiger partial charge in [0.25, 0.3) is 0 Å². The maximum absolute atomic E-state index is 6.17. The highest BCUT2D eigenvalue weighted by atomic mass is 79.9. The number of nitrogens with two attached hydrogens (primary N) is 1. The normalized spacial score (nSPS) is 15.6. The fraction of sp³-hybridized carbons (Fsp3) is 0.571. The van der Waals surface area contributed by atoms with Crippen LogP contribution >= 0.6 is 15.9 Å². The van der Waals surface area contributed by atoms with E-state index in [4.69, 9.17) is 10.5 Å². The highest BCUT2D eigenvalue weighted by molar-refractivity contribution is 9.10. The summed E-state index contributed by atoms with van der Waals surface area (Å²) in [5.74, 6) is 0. The number of hydrogen-bond donors (Lipinski definition) is 1. The smallest absolute Gasteiger partial charge is 0.0983 e. The lowest BCUT2D eigenvalue weighted by Crippen LogP contribution is -2.34. The molecule has 1 aromatic carbocycles. The van der Waals surface area contributed by atoms with Crippen molar-refractivity contribution in [2.45, 2.75) is 51.9 Å². The van der Waals surface area contributed by atoms with E-state index in [1.54, 1.807) is 0 Å². The Kier molecular flexibility index (Phi) is 5.17. The van der Waals surface area contributed by atoms with Crippen LogP contribution in [-0.2, 0) is 4.74 Å². The van der Waals surface area contributed by atoms with Crippen LogP contribution < -0.4 is 5.73 Å². The van der Waals surface area contributed by atoms with Crippen molar-refractivity contribution in [2.75, 3.05) is 0 Å². The lowest BCUT2D eigenvalue weighted by molar-refractivity contribution is -0.0728. The van der Waals surface area contributed by atoms with E-state index in [-0.39, 0.29) is 17.7 Å². The first-order chi connectivity index (χ1) is 7.83. The van der Waals surface area contributed by atoms with Crippen LogP contribution in [0.4, 0.5) is 0 Å². The van der Waals surface area contributed by atoms with Crippen molar-refractivity contribution in [1.82, 2.24) is 0 Å². The summed E-state index contributed by atoms with van der Waals surface area (Å²) >= 11 is 3.48. The van der Waals surface area contributed by atoms with E-state index in [9.17, 15) is 0 Å². The molecule has 0 amide bonds. The molecule has 0 heterocycles. The molecule has 0 fully saturated rings. The number of halogens is 1. The van der Waals surface area contributed by atoms with Gasteiger partial charge in [0, 0.05) is 10.5 Å². The van der Waals surface area contributed by atoms with E-state index in [2.05, 4.69) is 55.8 Å². The van der Waals surface area contributed by atoms with Gasteiger partial charge in [-0.2, -0.15) is 0 Å². The Morgan fingerprint density at radius 1 is 1.35 bits per heavy atom. The van der Waals surface area contributed by atoms with E-state index in [0.717, 1.165) is 16.5 Å². The number of benzene rings is 1. The molecule has 2 nitrogen and oxygen atoms in total. The van der Waals surface area contributed by atoms with Crippen LogP contribution in [0.2, 0.25) is 0 Å². The zero-order chi connectivity index (χ0) is 13.1. The summed E-state index contributed by atoms with van der Waals surface area (Å²) in [4.78, 5) is 0. The van der Waals surface area contributed by atoms with Crippen LogP contribution in [0.15, 0.2) is 28.7 Å². The van der Waals surface area contributed by atoms with Crippen molar-refractivity contribution in [3.05, 3.63) is 34.3 Å². The van der Waals surface area contributed by atoms with Crippen LogP contribution in [-0.4, -0.2) is 11.6 Å². The van der Waals surface area contributed by atoms with Crippen molar-refractivity contribution >= 4 is 15.9 Å². The molecule has 3 heteroatoms. The van der Waals surface area contributed by atoms with Crippen LogP contribution in [0.5, 0.6) is 0 Å². The summed E-state index contributed by atoms with van der Waals surface area (Å²) in [6.07, 6.45) is 0.838. The Morgan fingerprint density at radius 3 is 2.47 bits per heavy atom. The third kappa shape index (κ3) is 4.78. The first-order valence-electron chi connectivity index (χ1n) is 6.02. The van der Waals surface area contributed by atoms with Crippen LogP contribution in [0.25, 0.3) is 0 Å². The molecule has 0 aliphatic heterocycles. The molecule has 0 spiro atoms. The molecular weight excluding hydrogens is 278 g/mol. The van der Waals surface area contributed by atoms with E-state index in [0.29, 0.717) is 0 Å². The van der Waals surface area contributed by atoms with Gasteiger partial charge in [0.15, 0.2) is 0 Å². The molecule has 0 aliphatic rings. The maximum atomic E-state index is 6.17. The monoisotopic (exact) mass is 299 g/mol. The standard InChI is InChI=1S/C14H22BrNO/c1-5-12(16)13(17-14(2,3)4)10-7-6-8-11(15)9-10/h6-9,12-13H,5,16H2,1-4H3. The van der Waals surface area contributed by atoms with Gasteiger partial charge >= 0.3 is 0 Å². The molecule has 0 radical (unpaired) electrons. The Bertz CT molecular complexity index is 359. The maximum Gasteiger partial charge on any atom is 0.0983 e. The minimum absolute atomic E-state index is 0.0172. The van der Waals surface area contributed by atoms with Crippen LogP contribution in [0, 0.1) is 0 Å². The van der Waals surface area contributed by atoms with Gasteiger partial charge in [0.1, 0.15) is 0 Å². The van der Waals surface area contributed by atoms with Gasteiger partial charge in [0.2, 0.25) is 0 Å². The molecule has 0 bridgehead atoms. The van der Waals surface area contributed by atoms with Crippen molar-refractivity contribution in [3.63, 3.8) is 0 Å². The predicted octanol–water partition coefficient (Wildman–Crippen LogP) is 4.04. The van der Waals surface area contributed by atoms with Gasteiger partial charge in [-0.15, -0.1) is 0 Å². The Labute approximate surface area is 113 Å². The molecule has 2 N–H and O–H groups in total. The molecule has 1 rings (SSSR count). The minimum Gasteiger partial charge on any atom is -0.366 e. The zero-order valence-corrected chi connectivity index (χ0v) is 12.6. The number of ether oxygens (including phenoxy) is 1. The number of rotatable bonds is 4. The summed E-state index contributed by atoms with van der Waals surface area (Å²) < 4.78 is 7.14. The Hall–Kier alpha value is -0.380. The van der Waals surface area contributed by atoms with Gasteiger partial charge in [-0.05, 0) is 44.9 Å². The highest BCUT2D eigenvalue weighted by Crippen LogP contribution is 2.29. The summed E-state index contributed by atoms with van der Waals surface area (Å²) in [7, 11) is 0. The number of hydrogen-bond acceptors (Lipinski definition) is 2. The van der Waals surface area contributed by atoms with Gasteiger partial charge in [0.05, 0.1) is 11.7 Å². The minimum atomic E-state index is -0.195. The third-order valence-corrected chi connectivity index (χ3v) is 3.01. The molecular formula is C14H22BrNO. The lowest BCUT2D eigenvalue weighted by atomic mass is 9.99. The third-order valence-electron chi connectivity index (χ3n) is 2.52. The van der Waals surface area contributed by atoms with Crippen LogP contribution in [0.3, 0.4) is 0 Å². The zero-order valence-electron chi connectivity index (χ0n) is 11.0. The quantitative estimate of drug-likeness (QED) is 0.910. The molecule has 0 saturated heterocycles. The van der Waals surface area contributed by atoms with Crippen molar-refractivity contribution in [1.29, 1.82) is 0 Å². The second kappa shape index (κ2) is 5.98. The van der Waals surface area contributed by atoms with Crippen molar-refractivity contribution in [3.8, 4) is 0 Å². The van der Waals surface area contributed by atoms with Gasteiger partial charge in [-0.3, -0.25) is 0 Å². The fourth-order valence-corrected chi connectivity index (χ4v) is 2.10. The van der Waals surface area contributed by atoms with E-state index in [1.165, 1.54) is 0 Å². The average Bonchev–Trinajstić information content (AvgIpc) is 2.23. The van der Waals surface area contributed by atoms with Crippen LogP contribution in [0.1, 0.15) is 45.8 Å². The molecule has 96 valence electrons. The molecule has 0 aliphatic carbocycles. The largest absolute Gasteiger partial charge is 0.366 e. The average molecular weight is 300 g/mol. The SMILES string of the molecule is CCC(N)C(OC(C)(C)C)c1cccc(Br)c1. The summed E-state index contributed by atoms with van der Waals surface area (Å²) in [5, 5.41) is 0. The fourth-order valence-electron chi connectivity index (χ4n) is 1.68. The summed E-state index contributed by atoms with van der Waals surface area (Å²) in [6, 6.07) is 8.18. The first kappa shape index (κ1) is 14.7. The predicted molar refractivity (Wildman–Crippen MR) is 76.0 cm³/mol. The molecule has 2 atom stereocenters. The Morgan fingerprint density at radius 2 is 2.00 bits per heavy atom. The van der Waals surface area contributed by atoms with E-state index >= 15 is 0 Å². The van der Waals surface area contributed by atoms with Gasteiger partial charge in [-0.1, -0.05) is 35.0 Å². The molecule has 17 heavy (non-hydrogen) atoms. The van der Waals surface area contributed by atoms with Gasteiger partial charge < -0.3 is 10.5 Å². The first-order valence-corrected chi connectivity index (χ1v) is 6.81. The van der Waals surface area contributed by atoms with Gasteiger partial charge in [-0.25, -0.2) is 0 Å². The van der Waals surface area contributed by atoms with E-state index in [1.807, 2.05) is 12.1 Å². The van der Waals surface area contributed by atoms with Crippen molar-refractivity contribution < 1.29 is 4.74 Å². The lowest BCUT2D eigenvalue weighted by Gasteiger charge is -2.31. The highest BCUT2D eigenvalue weighted by Gasteiger charge is 2.25. The molecule has 1 aromatic rings. The summed E-state index contributed by atoms with van der Waals surface area (Å²) in [6.45, 7) is 8.25. The molecule has 0 saturated carbocycles. The van der Waals surface area contributed by atoms with Crippen molar-refractivity contribution in [2.24, 2.45) is 5.73 Å². The second-order valence-electron chi connectivity index (χ2n) is 5.28.